The Morgan fingerprint density at radius 1 is 1.44 bits per heavy atom. The number of hydrogen-bond acceptors (Lipinski definition) is 5. The minimum absolute atomic E-state index is 0.00986. The maximum Gasteiger partial charge on any atom is 0.243 e. The predicted molar refractivity (Wildman–Crippen MR) is 65.0 cm³/mol. The van der Waals surface area contributed by atoms with Crippen LogP contribution >= 0.6 is 0 Å². The summed E-state index contributed by atoms with van der Waals surface area (Å²) in [6.07, 6.45) is 3.39. The first-order valence-corrected chi connectivity index (χ1v) is 7.27. The molecule has 0 atom stereocenters. The summed E-state index contributed by atoms with van der Waals surface area (Å²) in [4.78, 5) is 3.82. The van der Waals surface area contributed by atoms with E-state index in [1.54, 1.807) is 13.8 Å². The van der Waals surface area contributed by atoms with Gasteiger partial charge < -0.3 is 9.47 Å². The number of nitrogens with zero attached hydrogens (tertiary/aromatic N) is 1. The Balaban J connectivity index is 2.34. The van der Waals surface area contributed by atoms with Crippen LogP contribution in [0.2, 0.25) is 0 Å². The smallest absolute Gasteiger partial charge is 0.243 e. The monoisotopic (exact) mass is 272 g/mol. The zero-order valence-electron chi connectivity index (χ0n) is 10.3. The summed E-state index contributed by atoms with van der Waals surface area (Å²) in [6.45, 7) is 3.56. The Labute approximate surface area is 106 Å². The fraction of sp³-hybridized carbons (Fsp3) is 0.545. The SMILES string of the molecule is CC(C)Oc1ncc(OC2CC2)cc1S(N)(=O)=O. The Bertz CT molecular complexity index is 538. The van der Waals surface area contributed by atoms with Gasteiger partial charge in [-0.15, -0.1) is 0 Å². The Kier molecular flexibility index (Phi) is 3.45. The maximum absolute atomic E-state index is 11.5. The normalized spacial score (nSPS) is 15.8. The van der Waals surface area contributed by atoms with Gasteiger partial charge in [-0.05, 0) is 26.7 Å². The molecule has 18 heavy (non-hydrogen) atoms. The molecule has 1 aromatic rings. The van der Waals surface area contributed by atoms with Crippen molar-refractivity contribution >= 4 is 10.0 Å². The molecule has 7 heteroatoms. The largest absolute Gasteiger partial charge is 0.489 e. The second-order valence-electron chi connectivity index (χ2n) is 4.50. The molecule has 2 rings (SSSR count). The summed E-state index contributed by atoms with van der Waals surface area (Å²) >= 11 is 0. The lowest BCUT2D eigenvalue weighted by atomic mass is 10.4. The van der Waals surface area contributed by atoms with E-state index in [2.05, 4.69) is 4.98 Å². The average Bonchev–Trinajstić information content (AvgIpc) is 3.02. The standard InChI is InChI=1S/C11H16N2O4S/c1-7(2)16-11-10(18(12,14)15)5-9(6-13-11)17-8-3-4-8/h5-8H,3-4H2,1-2H3,(H2,12,14,15). The summed E-state index contributed by atoms with van der Waals surface area (Å²) in [5, 5.41) is 5.15. The van der Waals surface area contributed by atoms with E-state index in [1.165, 1.54) is 12.3 Å². The van der Waals surface area contributed by atoms with Gasteiger partial charge in [0.1, 0.15) is 10.6 Å². The quantitative estimate of drug-likeness (QED) is 0.865. The number of rotatable bonds is 5. The highest BCUT2D eigenvalue weighted by atomic mass is 32.2. The number of nitrogens with two attached hydrogens (primary N) is 1. The van der Waals surface area contributed by atoms with E-state index in [-0.39, 0.29) is 23.0 Å². The molecular weight excluding hydrogens is 256 g/mol. The molecule has 2 N–H and O–H groups in total. The van der Waals surface area contributed by atoms with E-state index in [4.69, 9.17) is 14.6 Å². The molecule has 1 aromatic heterocycles. The lowest BCUT2D eigenvalue weighted by molar-refractivity contribution is 0.223. The van der Waals surface area contributed by atoms with Crippen molar-refractivity contribution in [3.05, 3.63) is 12.3 Å². The molecule has 0 saturated heterocycles. The van der Waals surface area contributed by atoms with Gasteiger partial charge in [0.05, 0.1) is 18.4 Å². The van der Waals surface area contributed by atoms with E-state index in [9.17, 15) is 8.42 Å². The first-order chi connectivity index (χ1) is 8.36. The van der Waals surface area contributed by atoms with Crippen molar-refractivity contribution in [3.63, 3.8) is 0 Å². The van der Waals surface area contributed by atoms with E-state index in [0.29, 0.717) is 5.75 Å². The van der Waals surface area contributed by atoms with Gasteiger partial charge in [0.25, 0.3) is 0 Å². The van der Waals surface area contributed by atoms with Gasteiger partial charge >= 0.3 is 0 Å². The Morgan fingerprint density at radius 2 is 2.11 bits per heavy atom. The molecule has 0 amide bonds. The molecule has 6 nitrogen and oxygen atoms in total. The summed E-state index contributed by atoms with van der Waals surface area (Å²) in [5.41, 5.74) is 0. The highest BCUT2D eigenvalue weighted by Gasteiger charge is 2.25. The summed E-state index contributed by atoms with van der Waals surface area (Å²) in [6, 6.07) is 1.36. The molecular formula is C11H16N2O4S. The number of hydrogen-bond donors (Lipinski definition) is 1. The van der Waals surface area contributed by atoms with E-state index in [1.807, 2.05) is 0 Å². The van der Waals surface area contributed by atoms with Gasteiger partial charge in [-0.25, -0.2) is 18.5 Å². The van der Waals surface area contributed by atoms with Gasteiger partial charge in [0.15, 0.2) is 0 Å². The first kappa shape index (κ1) is 13.1. The second-order valence-corrected chi connectivity index (χ2v) is 6.03. The van der Waals surface area contributed by atoms with Crippen LogP contribution in [0.15, 0.2) is 17.2 Å². The number of sulfonamides is 1. The van der Waals surface area contributed by atoms with Crippen LogP contribution in [0.3, 0.4) is 0 Å². The molecule has 1 aliphatic carbocycles. The zero-order chi connectivity index (χ0) is 13.3. The topological polar surface area (TPSA) is 91.5 Å². The van der Waals surface area contributed by atoms with Crippen molar-refractivity contribution in [2.45, 2.75) is 43.8 Å². The molecule has 0 aliphatic heterocycles. The van der Waals surface area contributed by atoms with Crippen molar-refractivity contribution in [2.75, 3.05) is 0 Å². The van der Waals surface area contributed by atoms with Gasteiger partial charge in [-0.1, -0.05) is 0 Å². The Hall–Kier alpha value is -1.34. The van der Waals surface area contributed by atoms with Crippen LogP contribution in [0.4, 0.5) is 0 Å². The third-order valence-corrected chi connectivity index (χ3v) is 3.18. The predicted octanol–water partition coefficient (Wildman–Crippen LogP) is 1.06. The van der Waals surface area contributed by atoms with E-state index < -0.39 is 10.0 Å². The molecule has 0 bridgehead atoms. The average molecular weight is 272 g/mol. The number of pyridine rings is 1. The number of ether oxygens (including phenoxy) is 2. The third kappa shape index (κ3) is 3.33. The van der Waals surface area contributed by atoms with Crippen LogP contribution in [0.25, 0.3) is 0 Å². The highest BCUT2D eigenvalue weighted by molar-refractivity contribution is 7.89. The number of primary sulfonamides is 1. The lowest BCUT2D eigenvalue weighted by Crippen LogP contribution is -2.17. The van der Waals surface area contributed by atoms with E-state index >= 15 is 0 Å². The third-order valence-electron chi connectivity index (χ3n) is 2.27. The minimum atomic E-state index is -3.88. The van der Waals surface area contributed by atoms with Crippen molar-refractivity contribution < 1.29 is 17.9 Å². The van der Waals surface area contributed by atoms with Gasteiger partial charge in [-0.2, -0.15) is 0 Å². The van der Waals surface area contributed by atoms with E-state index in [0.717, 1.165) is 12.8 Å². The molecule has 0 aromatic carbocycles. The zero-order valence-corrected chi connectivity index (χ0v) is 11.1. The van der Waals surface area contributed by atoms with Crippen LogP contribution in [-0.4, -0.2) is 25.6 Å². The Morgan fingerprint density at radius 3 is 2.61 bits per heavy atom. The molecule has 1 saturated carbocycles. The second kappa shape index (κ2) is 4.74. The fourth-order valence-electron chi connectivity index (χ4n) is 1.37. The van der Waals surface area contributed by atoms with Gasteiger partial charge in [0, 0.05) is 6.07 Å². The van der Waals surface area contributed by atoms with Crippen molar-refractivity contribution in [2.24, 2.45) is 5.14 Å². The molecule has 0 unspecified atom stereocenters. The highest BCUT2D eigenvalue weighted by Crippen LogP contribution is 2.30. The summed E-state index contributed by atoms with van der Waals surface area (Å²) in [5.74, 6) is 0.410. The van der Waals surface area contributed by atoms with Crippen LogP contribution < -0.4 is 14.6 Å². The van der Waals surface area contributed by atoms with Crippen LogP contribution in [0.1, 0.15) is 26.7 Å². The van der Waals surface area contributed by atoms with Gasteiger partial charge in [0.2, 0.25) is 15.9 Å². The fourth-order valence-corrected chi connectivity index (χ4v) is 2.00. The van der Waals surface area contributed by atoms with Gasteiger partial charge in [-0.3, -0.25) is 0 Å². The van der Waals surface area contributed by atoms with Crippen LogP contribution in [-0.2, 0) is 10.0 Å². The van der Waals surface area contributed by atoms with Crippen molar-refractivity contribution in [3.8, 4) is 11.6 Å². The molecule has 1 aliphatic rings. The van der Waals surface area contributed by atoms with Crippen LogP contribution in [0, 0.1) is 0 Å². The maximum atomic E-state index is 11.5. The molecule has 1 heterocycles. The molecule has 0 spiro atoms. The first-order valence-electron chi connectivity index (χ1n) is 5.72. The summed E-state index contributed by atoms with van der Waals surface area (Å²) in [7, 11) is -3.88. The molecule has 100 valence electrons. The number of aromatic nitrogens is 1. The lowest BCUT2D eigenvalue weighted by Gasteiger charge is -2.13. The summed E-state index contributed by atoms with van der Waals surface area (Å²) < 4.78 is 33.8. The van der Waals surface area contributed by atoms with Crippen LogP contribution in [0.5, 0.6) is 11.6 Å². The molecule has 0 radical (unpaired) electrons. The minimum Gasteiger partial charge on any atom is -0.489 e. The van der Waals surface area contributed by atoms with Crippen molar-refractivity contribution in [1.29, 1.82) is 0 Å². The van der Waals surface area contributed by atoms with Crippen molar-refractivity contribution in [1.82, 2.24) is 4.98 Å². The molecule has 1 fully saturated rings.